The summed E-state index contributed by atoms with van der Waals surface area (Å²) in [5, 5.41) is 2.56. The van der Waals surface area contributed by atoms with Crippen molar-refractivity contribution in [2.45, 2.75) is 24.3 Å². The largest absolute Gasteiger partial charge is 0.419 e. The Morgan fingerprint density at radius 2 is 2.00 bits per heavy atom. The second-order valence-electron chi connectivity index (χ2n) is 6.97. The number of sulfonamides is 1. The molecule has 1 aromatic heterocycles. The van der Waals surface area contributed by atoms with Crippen LogP contribution in [0.1, 0.15) is 12.0 Å². The predicted molar refractivity (Wildman–Crippen MR) is 118 cm³/mol. The summed E-state index contributed by atoms with van der Waals surface area (Å²) in [6.07, 6.45) is 2.06. The fraction of sp³-hybridized carbons (Fsp3) is 0.300. The van der Waals surface area contributed by atoms with Gasteiger partial charge in [-0.3, -0.25) is 9.36 Å². The first-order valence-electron chi connectivity index (χ1n) is 9.30. The summed E-state index contributed by atoms with van der Waals surface area (Å²) in [6.45, 7) is 1.60. The zero-order valence-corrected chi connectivity index (χ0v) is 18.8. The van der Waals surface area contributed by atoms with E-state index in [4.69, 9.17) is 4.42 Å². The average molecular weight is 468 g/mol. The molecule has 0 spiro atoms. The van der Waals surface area contributed by atoms with Crippen LogP contribution in [-0.2, 0) is 21.9 Å². The summed E-state index contributed by atoms with van der Waals surface area (Å²) in [6, 6.07) is 7.19. The normalized spacial score (nSPS) is 12.8. The molecule has 2 N–H and O–H groups in total. The van der Waals surface area contributed by atoms with Crippen molar-refractivity contribution in [3.63, 3.8) is 0 Å². The van der Waals surface area contributed by atoms with Gasteiger partial charge in [0.15, 0.2) is 5.58 Å². The van der Waals surface area contributed by atoms with Crippen LogP contribution in [0.3, 0.4) is 0 Å². The molecule has 0 bridgehead atoms. The zero-order chi connectivity index (χ0) is 22.8. The zero-order valence-electron chi connectivity index (χ0n) is 17.1. The molecule has 0 aliphatic heterocycles. The Bertz CT molecular complexity index is 1280. The van der Waals surface area contributed by atoms with Gasteiger partial charge in [-0.25, -0.2) is 17.6 Å². The van der Waals surface area contributed by atoms with Gasteiger partial charge in [0.25, 0.3) is 0 Å². The molecule has 2 aromatic carbocycles. The number of rotatable bonds is 8. The van der Waals surface area contributed by atoms with Crippen molar-refractivity contribution in [1.29, 1.82) is 0 Å². The third kappa shape index (κ3) is 5.17. The van der Waals surface area contributed by atoms with E-state index in [-0.39, 0.29) is 22.6 Å². The van der Waals surface area contributed by atoms with Crippen LogP contribution < -0.4 is 15.8 Å². The molecular formula is C20H22FN3O5S2. The molecule has 0 saturated heterocycles. The first-order chi connectivity index (χ1) is 14.6. The van der Waals surface area contributed by atoms with Gasteiger partial charge in [0.1, 0.15) is 11.9 Å². The number of oxazole rings is 1. The van der Waals surface area contributed by atoms with Crippen molar-refractivity contribution in [2.24, 2.45) is 7.05 Å². The number of amides is 1. The number of benzene rings is 2. The predicted octanol–water partition coefficient (Wildman–Crippen LogP) is 2.62. The summed E-state index contributed by atoms with van der Waals surface area (Å²) in [5.41, 5.74) is 1.23. The molecule has 8 nitrogen and oxygen atoms in total. The standard InChI is InChI=1S/C20H22FN3O5S2/c1-12-4-5-13(10-15(12)21)22-19(25)16(8-9-30-3)23-31(27,28)14-6-7-17-18(11-14)29-20(26)24(17)2/h4-7,10-11,16,23H,8-9H2,1-3H3,(H,22,25)/t16-/m1/s1. The molecule has 31 heavy (non-hydrogen) atoms. The topological polar surface area (TPSA) is 110 Å². The summed E-state index contributed by atoms with van der Waals surface area (Å²) < 4.78 is 48.3. The number of hydrogen-bond acceptors (Lipinski definition) is 6. The fourth-order valence-electron chi connectivity index (χ4n) is 2.92. The van der Waals surface area contributed by atoms with Crippen molar-refractivity contribution in [1.82, 2.24) is 9.29 Å². The number of carbonyl (C=O) groups is 1. The second-order valence-corrected chi connectivity index (χ2v) is 9.66. The Morgan fingerprint density at radius 1 is 1.26 bits per heavy atom. The number of nitrogens with one attached hydrogen (secondary N) is 2. The number of halogens is 1. The molecule has 0 saturated carbocycles. The summed E-state index contributed by atoms with van der Waals surface area (Å²) in [5.74, 6) is -1.17. The molecule has 1 heterocycles. The highest BCUT2D eigenvalue weighted by Crippen LogP contribution is 2.19. The third-order valence-corrected chi connectivity index (χ3v) is 6.85. The highest BCUT2D eigenvalue weighted by molar-refractivity contribution is 7.98. The second kappa shape index (κ2) is 9.25. The third-order valence-electron chi connectivity index (χ3n) is 4.74. The Hall–Kier alpha value is -2.63. The number of aryl methyl sites for hydroxylation is 2. The van der Waals surface area contributed by atoms with Gasteiger partial charge in [-0.05, 0) is 55.2 Å². The van der Waals surface area contributed by atoms with Crippen LogP contribution in [0.25, 0.3) is 11.1 Å². The Morgan fingerprint density at radius 3 is 2.68 bits per heavy atom. The lowest BCUT2D eigenvalue weighted by Gasteiger charge is -2.18. The maximum atomic E-state index is 13.8. The molecule has 3 rings (SSSR count). The van der Waals surface area contributed by atoms with E-state index in [1.807, 2.05) is 6.26 Å². The number of thioether (sulfide) groups is 1. The van der Waals surface area contributed by atoms with E-state index in [9.17, 15) is 22.4 Å². The van der Waals surface area contributed by atoms with Crippen LogP contribution in [0.2, 0.25) is 0 Å². The number of anilines is 1. The van der Waals surface area contributed by atoms with E-state index in [0.29, 0.717) is 16.8 Å². The first-order valence-corrected chi connectivity index (χ1v) is 12.2. The molecule has 1 amide bonds. The molecule has 11 heteroatoms. The minimum atomic E-state index is -4.10. The van der Waals surface area contributed by atoms with Crippen LogP contribution in [-0.4, -0.2) is 36.9 Å². The molecule has 0 aliphatic carbocycles. The monoisotopic (exact) mass is 467 g/mol. The quantitative estimate of drug-likeness (QED) is 0.527. The molecule has 0 aliphatic rings. The average Bonchev–Trinajstić information content (AvgIpc) is 3.01. The smallest absolute Gasteiger partial charge is 0.408 e. The van der Waals surface area contributed by atoms with E-state index in [1.54, 1.807) is 13.0 Å². The van der Waals surface area contributed by atoms with Crippen molar-refractivity contribution < 1.29 is 22.0 Å². The van der Waals surface area contributed by atoms with Crippen molar-refractivity contribution in [3.05, 3.63) is 58.3 Å². The lowest BCUT2D eigenvalue weighted by atomic mass is 10.2. The SMILES string of the molecule is CSCC[C@@H](NS(=O)(=O)c1ccc2c(c1)oc(=O)n2C)C(=O)Nc1ccc(C)c(F)c1. The Kier molecular flexibility index (Phi) is 6.87. The molecule has 3 aromatic rings. The van der Waals surface area contributed by atoms with E-state index in [1.165, 1.54) is 53.7 Å². The summed E-state index contributed by atoms with van der Waals surface area (Å²) >= 11 is 1.46. The molecule has 1 atom stereocenters. The van der Waals surface area contributed by atoms with Crippen LogP contribution in [0, 0.1) is 12.7 Å². The molecule has 0 unspecified atom stereocenters. The van der Waals surface area contributed by atoms with Gasteiger partial charge >= 0.3 is 5.76 Å². The summed E-state index contributed by atoms with van der Waals surface area (Å²) in [4.78, 5) is 24.3. The highest BCUT2D eigenvalue weighted by atomic mass is 32.2. The number of hydrogen-bond donors (Lipinski definition) is 2. The van der Waals surface area contributed by atoms with Gasteiger partial charge < -0.3 is 9.73 Å². The maximum Gasteiger partial charge on any atom is 0.419 e. The van der Waals surface area contributed by atoms with Gasteiger partial charge in [0.05, 0.1) is 10.4 Å². The molecule has 0 fully saturated rings. The summed E-state index contributed by atoms with van der Waals surface area (Å²) in [7, 11) is -2.59. The lowest BCUT2D eigenvalue weighted by molar-refractivity contribution is -0.117. The van der Waals surface area contributed by atoms with Crippen LogP contribution in [0.4, 0.5) is 10.1 Å². The van der Waals surface area contributed by atoms with E-state index >= 15 is 0 Å². The van der Waals surface area contributed by atoms with E-state index in [2.05, 4.69) is 10.0 Å². The Balaban J connectivity index is 1.85. The molecule has 166 valence electrons. The van der Waals surface area contributed by atoms with E-state index < -0.39 is 33.5 Å². The number of nitrogens with zero attached hydrogens (tertiary/aromatic N) is 1. The number of aromatic nitrogens is 1. The minimum Gasteiger partial charge on any atom is -0.408 e. The van der Waals surface area contributed by atoms with Gasteiger partial charge in [0.2, 0.25) is 15.9 Å². The van der Waals surface area contributed by atoms with Crippen molar-refractivity contribution in [3.8, 4) is 0 Å². The fourth-order valence-corrected chi connectivity index (χ4v) is 4.63. The van der Waals surface area contributed by atoms with Gasteiger partial charge in [-0.15, -0.1) is 0 Å². The Labute approximate surface area is 182 Å². The first kappa shape index (κ1) is 23.0. The van der Waals surface area contributed by atoms with Crippen LogP contribution >= 0.6 is 11.8 Å². The van der Waals surface area contributed by atoms with Gasteiger partial charge in [0, 0.05) is 18.8 Å². The maximum absolute atomic E-state index is 13.8. The highest BCUT2D eigenvalue weighted by Gasteiger charge is 2.26. The lowest BCUT2D eigenvalue weighted by Crippen LogP contribution is -2.44. The minimum absolute atomic E-state index is 0.121. The van der Waals surface area contributed by atoms with E-state index in [0.717, 1.165) is 0 Å². The number of fused-ring (bicyclic) bond motifs is 1. The van der Waals surface area contributed by atoms with Gasteiger partial charge in [-0.2, -0.15) is 16.5 Å². The van der Waals surface area contributed by atoms with Crippen molar-refractivity contribution in [2.75, 3.05) is 17.3 Å². The van der Waals surface area contributed by atoms with Crippen molar-refractivity contribution >= 4 is 44.5 Å². The molecule has 0 radical (unpaired) electrons. The number of carbonyl (C=O) groups excluding carboxylic acids is 1. The van der Waals surface area contributed by atoms with Crippen LogP contribution in [0.15, 0.2) is 50.5 Å². The molecular weight excluding hydrogens is 445 g/mol. The van der Waals surface area contributed by atoms with Crippen LogP contribution in [0.5, 0.6) is 0 Å². The van der Waals surface area contributed by atoms with Gasteiger partial charge in [-0.1, -0.05) is 6.07 Å².